The molecular weight excluding hydrogens is 612 g/mol. The highest BCUT2D eigenvalue weighted by molar-refractivity contribution is 5.96. The van der Waals surface area contributed by atoms with Gasteiger partial charge in [-0.25, -0.2) is 0 Å². The maximum Gasteiger partial charge on any atom is 0.305 e. The lowest BCUT2D eigenvalue weighted by molar-refractivity contribution is -0.140. The van der Waals surface area contributed by atoms with Gasteiger partial charge in [-0.15, -0.1) is 0 Å². The molecule has 0 saturated carbocycles. The molecule has 0 spiro atoms. The Bertz CT molecular complexity index is 1590. The van der Waals surface area contributed by atoms with Crippen LogP contribution in [0.15, 0.2) is 60.8 Å². The standard InChI is InChI=1S/C32H38N6O9/c1-18(29(44)37-25(13-19-7-3-2-4-8-19)32(47)36-21(17-39)11-12-27(40)41)35-31(46)26(38-30(45)23(33)15-28(42)43)14-20-16-34-24-10-6-5-9-22(20)24/h2-10,16-18,21,23,25-26,34H,11-15,33H2,1H3,(H,35,46)(H,36,47)(H,37,44)(H,38,45)(H,40,41)(H,42,43)/t18-,21-,23-,25-,26-/m0/s1. The summed E-state index contributed by atoms with van der Waals surface area (Å²) in [4.78, 5) is 89.3. The third-order valence-electron chi connectivity index (χ3n) is 7.29. The number of carboxylic acids is 2. The molecule has 15 heteroatoms. The van der Waals surface area contributed by atoms with Crippen LogP contribution in [-0.2, 0) is 46.4 Å². The lowest BCUT2D eigenvalue weighted by atomic mass is 10.0. The summed E-state index contributed by atoms with van der Waals surface area (Å²) < 4.78 is 0. The van der Waals surface area contributed by atoms with Crippen molar-refractivity contribution in [3.05, 3.63) is 71.9 Å². The number of nitrogens with one attached hydrogen (secondary N) is 5. The zero-order valence-corrected chi connectivity index (χ0v) is 25.6. The summed E-state index contributed by atoms with van der Waals surface area (Å²) in [5.41, 5.74) is 7.85. The number of H-pyrrole nitrogens is 1. The molecule has 0 bridgehead atoms. The van der Waals surface area contributed by atoms with Crippen LogP contribution in [0.2, 0.25) is 0 Å². The number of fused-ring (bicyclic) bond motifs is 1. The van der Waals surface area contributed by atoms with Gasteiger partial charge < -0.3 is 47.0 Å². The number of nitrogens with two attached hydrogens (primary N) is 1. The van der Waals surface area contributed by atoms with Crippen LogP contribution in [0.5, 0.6) is 0 Å². The molecule has 0 saturated heterocycles. The van der Waals surface area contributed by atoms with Gasteiger partial charge in [0.05, 0.1) is 18.5 Å². The molecule has 15 nitrogen and oxygen atoms in total. The number of amides is 4. The number of carboxylic acid groups (broad SMARTS) is 2. The smallest absolute Gasteiger partial charge is 0.305 e. The lowest BCUT2D eigenvalue weighted by Gasteiger charge is -2.25. The van der Waals surface area contributed by atoms with E-state index in [1.54, 1.807) is 42.6 Å². The molecule has 250 valence electrons. The summed E-state index contributed by atoms with van der Waals surface area (Å²) in [7, 11) is 0. The number of aromatic nitrogens is 1. The third-order valence-corrected chi connectivity index (χ3v) is 7.29. The Labute approximate surface area is 269 Å². The molecule has 5 atom stereocenters. The minimum absolute atomic E-state index is 0.0182. The quantitative estimate of drug-likeness (QED) is 0.0840. The van der Waals surface area contributed by atoms with Crippen LogP contribution >= 0.6 is 0 Å². The van der Waals surface area contributed by atoms with Gasteiger partial charge in [-0.3, -0.25) is 28.8 Å². The van der Waals surface area contributed by atoms with Gasteiger partial charge in [-0.05, 0) is 30.5 Å². The van der Waals surface area contributed by atoms with Crippen molar-refractivity contribution in [1.82, 2.24) is 26.3 Å². The van der Waals surface area contributed by atoms with Gasteiger partial charge in [0, 0.05) is 36.4 Å². The Hall–Kier alpha value is -5.57. The molecule has 0 aliphatic carbocycles. The van der Waals surface area contributed by atoms with Crippen molar-refractivity contribution in [1.29, 1.82) is 0 Å². The number of hydrogen-bond donors (Lipinski definition) is 8. The SMILES string of the molecule is C[C@H](NC(=O)[C@H](Cc1c[nH]c2ccccc12)NC(=O)[C@@H](N)CC(=O)O)C(=O)N[C@@H](Cc1ccccc1)C(=O)N[C@H](C=O)CCC(=O)O. The van der Waals surface area contributed by atoms with Crippen molar-refractivity contribution >= 4 is 52.8 Å². The second-order valence-corrected chi connectivity index (χ2v) is 11.0. The summed E-state index contributed by atoms with van der Waals surface area (Å²) in [5, 5.41) is 28.8. The monoisotopic (exact) mass is 650 g/mol. The first kappa shape index (κ1) is 35.9. The number of carbonyl (C=O) groups excluding carboxylic acids is 5. The Balaban J connectivity index is 1.76. The predicted octanol–water partition coefficient (Wildman–Crippen LogP) is -0.222. The van der Waals surface area contributed by atoms with Crippen LogP contribution in [-0.4, -0.2) is 87.3 Å². The van der Waals surface area contributed by atoms with Crippen molar-refractivity contribution in [3.8, 4) is 0 Å². The number of aldehydes is 1. The van der Waals surface area contributed by atoms with Gasteiger partial charge in [-0.1, -0.05) is 48.5 Å². The number of hydrogen-bond acceptors (Lipinski definition) is 8. The Morgan fingerprint density at radius 2 is 1.40 bits per heavy atom. The van der Waals surface area contributed by atoms with E-state index >= 15 is 0 Å². The van der Waals surface area contributed by atoms with Crippen molar-refractivity contribution < 1.29 is 43.8 Å². The van der Waals surface area contributed by atoms with Crippen molar-refractivity contribution in [2.75, 3.05) is 0 Å². The fraction of sp³-hybridized carbons (Fsp3) is 0.344. The second-order valence-electron chi connectivity index (χ2n) is 11.0. The predicted molar refractivity (Wildman–Crippen MR) is 169 cm³/mol. The second kappa shape index (κ2) is 17.2. The molecule has 9 N–H and O–H groups in total. The average molecular weight is 651 g/mol. The summed E-state index contributed by atoms with van der Waals surface area (Å²) >= 11 is 0. The third kappa shape index (κ3) is 11.1. The van der Waals surface area contributed by atoms with Gasteiger partial charge in [-0.2, -0.15) is 0 Å². The summed E-state index contributed by atoms with van der Waals surface area (Å²) in [6.45, 7) is 1.37. The molecule has 0 unspecified atom stereocenters. The van der Waals surface area contributed by atoms with E-state index in [4.69, 9.17) is 15.9 Å². The zero-order chi connectivity index (χ0) is 34.5. The van der Waals surface area contributed by atoms with E-state index in [9.17, 15) is 33.6 Å². The highest BCUT2D eigenvalue weighted by Gasteiger charge is 2.30. The molecule has 0 aliphatic heterocycles. The number of para-hydroxylation sites is 1. The van der Waals surface area contributed by atoms with Crippen molar-refractivity contribution in [2.24, 2.45) is 5.73 Å². The van der Waals surface area contributed by atoms with E-state index in [1.807, 2.05) is 18.2 Å². The molecule has 2 aromatic carbocycles. The summed E-state index contributed by atoms with van der Waals surface area (Å²) in [5.74, 6) is -5.59. The minimum Gasteiger partial charge on any atom is -0.481 e. The van der Waals surface area contributed by atoms with Crippen LogP contribution in [0.25, 0.3) is 10.9 Å². The van der Waals surface area contributed by atoms with Gasteiger partial charge in [0.15, 0.2) is 0 Å². The maximum atomic E-state index is 13.5. The number of aromatic amines is 1. The van der Waals surface area contributed by atoms with E-state index in [-0.39, 0.29) is 25.7 Å². The topological polar surface area (TPSA) is 250 Å². The molecule has 4 amide bonds. The number of aliphatic carboxylic acids is 2. The highest BCUT2D eigenvalue weighted by atomic mass is 16.4. The number of rotatable bonds is 18. The van der Waals surface area contributed by atoms with Gasteiger partial charge >= 0.3 is 11.9 Å². The normalized spacial score (nSPS) is 14.1. The number of benzene rings is 2. The fourth-order valence-corrected chi connectivity index (χ4v) is 4.76. The molecule has 1 aromatic heterocycles. The fourth-order valence-electron chi connectivity index (χ4n) is 4.76. The molecule has 1 heterocycles. The largest absolute Gasteiger partial charge is 0.481 e. The summed E-state index contributed by atoms with van der Waals surface area (Å²) in [6.07, 6.45) is 0.888. The first-order valence-corrected chi connectivity index (χ1v) is 14.8. The van der Waals surface area contributed by atoms with Crippen LogP contribution < -0.4 is 27.0 Å². The molecule has 3 rings (SSSR count). The molecule has 0 fully saturated rings. The first-order valence-electron chi connectivity index (χ1n) is 14.8. The molecule has 3 aromatic rings. The van der Waals surface area contributed by atoms with Crippen LogP contribution in [0.1, 0.15) is 37.3 Å². The Morgan fingerprint density at radius 3 is 2.06 bits per heavy atom. The van der Waals surface area contributed by atoms with E-state index in [0.29, 0.717) is 17.4 Å². The lowest BCUT2D eigenvalue weighted by Crippen LogP contribution is -2.58. The van der Waals surface area contributed by atoms with Crippen LogP contribution in [0.3, 0.4) is 0 Å². The van der Waals surface area contributed by atoms with Crippen LogP contribution in [0, 0.1) is 0 Å². The molecule has 47 heavy (non-hydrogen) atoms. The zero-order valence-electron chi connectivity index (χ0n) is 25.6. The van der Waals surface area contributed by atoms with E-state index in [0.717, 1.165) is 10.9 Å². The summed E-state index contributed by atoms with van der Waals surface area (Å²) in [6, 6.07) is 9.73. The van der Waals surface area contributed by atoms with Crippen molar-refractivity contribution in [2.45, 2.75) is 69.2 Å². The Kier molecular flexibility index (Phi) is 13.1. The van der Waals surface area contributed by atoms with E-state index < -0.39 is 72.2 Å². The Morgan fingerprint density at radius 1 is 0.787 bits per heavy atom. The highest BCUT2D eigenvalue weighted by Crippen LogP contribution is 2.19. The molecule has 0 aliphatic rings. The molecule has 0 radical (unpaired) electrons. The number of carbonyl (C=O) groups is 7. The van der Waals surface area contributed by atoms with E-state index in [2.05, 4.69) is 26.3 Å². The molecular formula is C32H38N6O9. The van der Waals surface area contributed by atoms with Gasteiger partial charge in [0.25, 0.3) is 0 Å². The minimum atomic E-state index is -1.44. The first-order chi connectivity index (χ1) is 22.4. The van der Waals surface area contributed by atoms with Gasteiger partial charge in [0.1, 0.15) is 24.4 Å². The van der Waals surface area contributed by atoms with E-state index in [1.165, 1.54) is 6.92 Å². The maximum absolute atomic E-state index is 13.5. The van der Waals surface area contributed by atoms with Crippen molar-refractivity contribution in [3.63, 3.8) is 0 Å². The average Bonchev–Trinajstić information content (AvgIpc) is 3.44. The van der Waals surface area contributed by atoms with Gasteiger partial charge in [0.2, 0.25) is 23.6 Å². The van der Waals surface area contributed by atoms with Crippen LogP contribution in [0.4, 0.5) is 0 Å².